The van der Waals surface area contributed by atoms with Crippen LogP contribution in [0.5, 0.6) is 0 Å². The second-order valence-electron chi connectivity index (χ2n) is 7.38. The number of rotatable bonds is 5. The molecule has 1 fully saturated rings. The Balaban J connectivity index is 1.67. The van der Waals surface area contributed by atoms with Crippen molar-refractivity contribution in [3.8, 4) is 6.07 Å². The minimum atomic E-state index is -0.827. The van der Waals surface area contributed by atoms with E-state index >= 15 is 0 Å². The lowest BCUT2D eigenvalue weighted by Crippen LogP contribution is -2.23. The van der Waals surface area contributed by atoms with E-state index in [4.69, 9.17) is 15.6 Å². The average molecular weight is 406 g/mol. The molecule has 4 rings (SSSR count). The normalized spacial score (nSPS) is 18.6. The summed E-state index contributed by atoms with van der Waals surface area (Å²) >= 11 is 0. The summed E-state index contributed by atoms with van der Waals surface area (Å²) < 4.78 is 6.61. The fraction of sp³-hybridized carbons (Fsp3) is 0.333. The van der Waals surface area contributed by atoms with Crippen molar-refractivity contribution in [2.45, 2.75) is 38.3 Å². The van der Waals surface area contributed by atoms with Crippen LogP contribution < -0.4 is 16.6 Å². The van der Waals surface area contributed by atoms with Crippen LogP contribution in [-0.2, 0) is 11.3 Å². The summed E-state index contributed by atoms with van der Waals surface area (Å²) in [5.74, 6) is 0.314. The number of nitrogens with zero attached hydrogens (tertiary/aromatic N) is 3. The van der Waals surface area contributed by atoms with Gasteiger partial charge in [0.15, 0.2) is 5.82 Å². The Morgan fingerprint density at radius 1 is 1.30 bits per heavy atom. The van der Waals surface area contributed by atoms with Gasteiger partial charge in [-0.05, 0) is 36.6 Å². The second-order valence-corrected chi connectivity index (χ2v) is 7.38. The van der Waals surface area contributed by atoms with Crippen LogP contribution in [0.4, 0.5) is 16.3 Å². The van der Waals surface area contributed by atoms with E-state index in [9.17, 15) is 14.9 Å². The number of benzene rings is 1. The highest BCUT2D eigenvalue weighted by molar-refractivity contribution is 5.91. The first-order valence-electron chi connectivity index (χ1n) is 9.84. The third kappa shape index (κ3) is 3.85. The highest BCUT2D eigenvalue weighted by atomic mass is 16.5. The third-order valence-electron chi connectivity index (χ3n) is 5.44. The van der Waals surface area contributed by atoms with Gasteiger partial charge in [-0.25, -0.2) is 4.79 Å². The summed E-state index contributed by atoms with van der Waals surface area (Å²) in [6.45, 7) is 0.0874. The van der Waals surface area contributed by atoms with Gasteiger partial charge in [-0.2, -0.15) is 10.4 Å². The molecule has 0 bridgehead atoms. The summed E-state index contributed by atoms with van der Waals surface area (Å²) in [5, 5.41) is 17.9. The molecule has 2 aromatic heterocycles. The molecule has 1 aliphatic rings. The van der Waals surface area contributed by atoms with Crippen molar-refractivity contribution >= 4 is 28.5 Å². The molecular weight excluding hydrogens is 384 g/mol. The maximum Gasteiger partial charge on any atom is 0.404 e. The van der Waals surface area contributed by atoms with Gasteiger partial charge in [-0.1, -0.05) is 25.0 Å². The van der Waals surface area contributed by atoms with E-state index in [0.29, 0.717) is 16.7 Å². The van der Waals surface area contributed by atoms with Crippen LogP contribution in [0.2, 0.25) is 0 Å². The van der Waals surface area contributed by atoms with Gasteiger partial charge >= 0.3 is 6.09 Å². The van der Waals surface area contributed by atoms with Crippen LogP contribution in [0.25, 0.3) is 10.9 Å². The van der Waals surface area contributed by atoms with Crippen molar-refractivity contribution in [3.63, 3.8) is 0 Å². The molecule has 1 amide bonds. The number of carbonyl (C=O) groups is 1. The number of hydrogen-bond donors (Lipinski definition) is 3. The highest BCUT2D eigenvalue weighted by Gasteiger charge is 2.29. The number of nitrogens with one attached hydrogen (secondary N) is 2. The Kier molecular flexibility index (Phi) is 5.39. The van der Waals surface area contributed by atoms with Gasteiger partial charge < -0.3 is 20.8 Å². The van der Waals surface area contributed by atoms with Crippen molar-refractivity contribution < 1.29 is 9.53 Å². The Labute approximate surface area is 172 Å². The summed E-state index contributed by atoms with van der Waals surface area (Å²) in [7, 11) is 0. The van der Waals surface area contributed by atoms with E-state index in [2.05, 4.69) is 16.4 Å². The number of hydrogen-bond acceptors (Lipinski definition) is 6. The van der Waals surface area contributed by atoms with Crippen molar-refractivity contribution in [2.75, 3.05) is 5.32 Å². The maximum absolute atomic E-state index is 12.6. The number of aromatic nitrogens is 3. The Hall–Kier alpha value is -3.80. The lowest BCUT2D eigenvalue weighted by Gasteiger charge is -2.27. The quantitative estimate of drug-likeness (QED) is 0.594. The Morgan fingerprint density at radius 2 is 2.07 bits per heavy atom. The van der Waals surface area contributed by atoms with E-state index in [1.807, 2.05) is 10.7 Å². The lowest BCUT2D eigenvalue weighted by atomic mass is 9.85. The lowest BCUT2D eigenvalue weighted by molar-refractivity contribution is 0.150. The zero-order chi connectivity index (χ0) is 21.1. The molecule has 3 aromatic rings. The summed E-state index contributed by atoms with van der Waals surface area (Å²) in [6, 6.07) is 11.4. The predicted octanol–water partition coefficient (Wildman–Crippen LogP) is 3.32. The number of primary amides is 1. The molecule has 4 N–H and O–H groups in total. The van der Waals surface area contributed by atoms with Gasteiger partial charge in [0.25, 0.3) is 5.56 Å². The standard InChI is InChI=1S/C21H22N6O3/c22-11-14-3-1-2-4-16(14)27-17-9-10-24-20(28)18(17)19(26-27)25-15-7-5-13(6-8-15)12-30-21(23)29/h5-10,14,16H,1-4,12H2,(H2,23,29)(H,24,28)(H,25,26). The van der Waals surface area contributed by atoms with E-state index in [-0.39, 0.29) is 24.1 Å². The van der Waals surface area contributed by atoms with Gasteiger partial charge in [-0.15, -0.1) is 0 Å². The van der Waals surface area contributed by atoms with Gasteiger partial charge in [0, 0.05) is 11.9 Å². The molecule has 9 nitrogen and oxygen atoms in total. The number of nitriles is 1. The number of anilines is 2. The van der Waals surface area contributed by atoms with Gasteiger partial charge in [-0.3, -0.25) is 9.48 Å². The molecule has 2 heterocycles. The Morgan fingerprint density at radius 3 is 2.80 bits per heavy atom. The maximum atomic E-state index is 12.6. The molecule has 1 aromatic carbocycles. The molecule has 154 valence electrons. The van der Waals surface area contributed by atoms with Gasteiger partial charge in [0.2, 0.25) is 0 Å². The van der Waals surface area contributed by atoms with Crippen molar-refractivity contribution in [1.29, 1.82) is 5.26 Å². The summed E-state index contributed by atoms with van der Waals surface area (Å²) in [6.07, 6.45) is 4.53. The topological polar surface area (TPSA) is 139 Å². The number of fused-ring (bicyclic) bond motifs is 1. The van der Waals surface area contributed by atoms with E-state index in [0.717, 1.165) is 36.9 Å². The van der Waals surface area contributed by atoms with E-state index < -0.39 is 6.09 Å². The van der Waals surface area contributed by atoms with E-state index in [1.165, 1.54) is 0 Å². The zero-order valence-corrected chi connectivity index (χ0v) is 16.3. The first-order valence-corrected chi connectivity index (χ1v) is 9.84. The first kappa shape index (κ1) is 19.5. The molecule has 1 saturated carbocycles. The number of amides is 1. The predicted molar refractivity (Wildman–Crippen MR) is 111 cm³/mol. The number of carbonyl (C=O) groups excluding carboxylic acids is 1. The molecular formula is C21H22N6O3. The average Bonchev–Trinajstić information content (AvgIpc) is 3.12. The van der Waals surface area contributed by atoms with Crippen LogP contribution >= 0.6 is 0 Å². The molecule has 0 spiro atoms. The fourth-order valence-electron chi connectivity index (χ4n) is 3.97. The summed E-state index contributed by atoms with van der Waals surface area (Å²) in [4.78, 5) is 26.0. The fourth-order valence-corrected chi connectivity index (χ4v) is 3.97. The number of ether oxygens (including phenoxy) is 1. The highest BCUT2D eigenvalue weighted by Crippen LogP contribution is 2.36. The summed E-state index contributed by atoms with van der Waals surface area (Å²) in [5.41, 5.74) is 6.97. The molecule has 30 heavy (non-hydrogen) atoms. The monoisotopic (exact) mass is 406 g/mol. The number of nitrogens with two attached hydrogens (primary N) is 1. The minimum absolute atomic E-state index is 0.0584. The van der Waals surface area contributed by atoms with Crippen LogP contribution in [0, 0.1) is 17.2 Å². The smallest absolute Gasteiger partial charge is 0.404 e. The number of pyridine rings is 1. The van der Waals surface area contributed by atoms with Crippen molar-refractivity contribution in [3.05, 3.63) is 52.4 Å². The molecule has 0 aliphatic heterocycles. The third-order valence-corrected chi connectivity index (χ3v) is 5.44. The van der Waals surface area contributed by atoms with Gasteiger partial charge in [0.05, 0.1) is 23.5 Å². The second kappa shape index (κ2) is 8.29. The molecule has 0 radical (unpaired) electrons. The minimum Gasteiger partial charge on any atom is -0.445 e. The number of H-pyrrole nitrogens is 1. The SMILES string of the molecule is N#CC1CCCCC1n1nc(Nc2ccc(COC(N)=O)cc2)c2c(=O)[nH]ccc21. The van der Waals surface area contributed by atoms with Crippen molar-refractivity contribution in [2.24, 2.45) is 11.7 Å². The van der Waals surface area contributed by atoms with Gasteiger partial charge in [0.1, 0.15) is 12.0 Å². The number of aromatic amines is 1. The zero-order valence-electron chi connectivity index (χ0n) is 16.3. The molecule has 1 aliphatic carbocycles. The van der Waals surface area contributed by atoms with Crippen LogP contribution in [-0.4, -0.2) is 20.9 Å². The van der Waals surface area contributed by atoms with Crippen LogP contribution in [0.15, 0.2) is 41.3 Å². The molecule has 0 saturated heterocycles. The first-order chi connectivity index (χ1) is 14.6. The molecule has 2 atom stereocenters. The van der Waals surface area contributed by atoms with Crippen molar-refractivity contribution in [1.82, 2.24) is 14.8 Å². The van der Waals surface area contributed by atoms with Crippen LogP contribution in [0.3, 0.4) is 0 Å². The molecule has 2 unspecified atom stereocenters. The van der Waals surface area contributed by atoms with E-state index in [1.54, 1.807) is 30.5 Å². The van der Waals surface area contributed by atoms with Crippen LogP contribution in [0.1, 0.15) is 37.3 Å². The largest absolute Gasteiger partial charge is 0.445 e. The molecule has 9 heteroatoms. The Bertz CT molecular complexity index is 1160.